The van der Waals surface area contributed by atoms with Crippen LogP contribution in [0.2, 0.25) is 0 Å². The lowest BCUT2D eigenvalue weighted by Gasteiger charge is -2.10. The van der Waals surface area contributed by atoms with Gasteiger partial charge in [0.05, 0.1) is 19.9 Å². The number of fused-ring (bicyclic) bond motifs is 1. The molecule has 1 aromatic heterocycles. The second kappa shape index (κ2) is 8.62. The maximum Gasteiger partial charge on any atom is 0.261 e. The van der Waals surface area contributed by atoms with Gasteiger partial charge in [0, 0.05) is 11.5 Å². The van der Waals surface area contributed by atoms with Crippen molar-refractivity contribution >= 4 is 28.3 Å². The predicted octanol–water partition coefficient (Wildman–Crippen LogP) is 4.64. The Bertz CT molecular complexity index is 1330. The number of anilines is 1. The Morgan fingerprint density at radius 2 is 1.65 bits per heavy atom. The summed E-state index contributed by atoms with van der Waals surface area (Å²) in [4.78, 5) is 17.7. The number of hydrogen-bond acceptors (Lipinski definition) is 6. The third-order valence-corrected chi connectivity index (χ3v) is 4.64. The number of para-hydroxylation sites is 4. The van der Waals surface area contributed by atoms with E-state index in [0.717, 1.165) is 0 Å². The molecule has 4 aromatic rings. The summed E-state index contributed by atoms with van der Waals surface area (Å²) in [6.07, 6.45) is 0. The molecule has 7 nitrogen and oxygen atoms in total. The first-order valence-corrected chi connectivity index (χ1v) is 9.48. The van der Waals surface area contributed by atoms with Crippen molar-refractivity contribution in [1.82, 2.24) is 0 Å². The van der Waals surface area contributed by atoms with E-state index >= 15 is 0 Å². The number of ether oxygens (including phenoxy) is 2. The summed E-state index contributed by atoms with van der Waals surface area (Å²) in [5.41, 5.74) is 1.70. The van der Waals surface area contributed by atoms with Crippen molar-refractivity contribution in [2.75, 3.05) is 19.5 Å². The largest absolute Gasteiger partial charge is 0.508 e. The summed E-state index contributed by atoms with van der Waals surface area (Å²) in [6, 6.07) is 20.6. The molecule has 0 aliphatic carbocycles. The average molecular weight is 416 g/mol. The minimum atomic E-state index is -0.420. The molecule has 4 rings (SSSR count). The molecular formula is C24H20N2O5. The maximum atomic E-state index is 13.2. The van der Waals surface area contributed by atoms with E-state index in [0.29, 0.717) is 33.8 Å². The van der Waals surface area contributed by atoms with Crippen LogP contribution in [0.15, 0.2) is 82.2 Å². The molecule has 0 bridgehead atoms. The molecule has 1 heterocycles. The van der Waals surface area contributed by atoms with Crippen molar-refractivity contribution in [3.05, 3.63) is 83.9 Å². The van der Waals surface area contributed by atoms with Gasteiger partial charge in [0.2, 0.25) is 5.55 Å². The van der Waals surface area contributed by atoms with Crippen LogP contribution in [0, 0.1) is 0 Å². The van der Waals surface area contributed by atoms with Crippen LogP contribution in [0.3, 0.4) is 0 Å². The SMILES string of the molecule is COc1ccccc1N=c1oc2cc(O)ccc2cc1C(=O)Nc1ccccc1OC. The monoisotopic (exact) mass is 416 g/mol. The Hall–Kier alpha value is -4.26. The molecule has 0 atom stereocenters. The Balaban J connectivity index is 1.88. The van der Waals surface area contributed by atoms with Gasteiger partial charge in [-0.1, -0.05) is 24.3 Å². The number of carbonyl (C=O) groups excluding carboxylic acids is 1. The summed E-state index contributed by atoms with van der Waals surface area (Å²) in [5, 5.41) is 13.3. The molecule has 7 heteroatoms. The van der Waals surface area contributed by atoms with Gasteiger partial charge in [-0.3, -0.25) is 4.79 Å². The maximum absolute atomic E-state index is 13.2. The molecule has 0 spiro atoms. The van der Waals surface area contributed by atoms with Crippen LogP contribution in [-0.2, 0) is 0 Å². The van der Waals surface area contributed by atoms with Gasteiger partial charge in [0.15, 0.2) is 0 Å². The van der Waals surface area contributed by atoms with Gasteiger partial charge in [-0.05, 0) is 42.5 Å². The van der Waals surface area contributed by atoms with Crippen molar-refractivity contribution in [2.24, 2.45) is 4.99 Å². The van der Waals surface area contributed by atoms with E-state index in [1.54, 1.807) is 49.6 Å². The molecule has 0 saturated heterocycles. The van der Waals surface area contributed by atoms with Crippen molar-refractivity contribution in [3.8, 4) is 17.2 Å². The smallest absolute Gasteiger partial charge is 0.261 e. The van der Waals surface area contributed by atoms with Crippen molar-refractivity contribution in [1.29, 1.82) is 0 Å². The number of carbonyl (C=O) groups is 1. The number of nitrogens with zero attached hydrogens (tertiary/aromatic N) is 1. The highest BCUT2D eigenvalue weighted by Crippen LogP contribution is 2.27. The Morgan fingerprint density at radius 1 is 0.935 bits per heavy atom. The third-order valence-electron chi connectivity index (χ3n) is 4.64. The molecular weight excluding hydrogens is 396 g/mol. The molecule has 0 aliphatic heterocycles. The second-order valence-electron chi connectivity index (χ2n) is 6.63. The second-order valence-corrected chi connectivity index (χ2v) is 6.63. The zero-order chi connectivity index (χ0) is 21.8. The van der Waals surface area contributed by atoms with E-state index < -0.39 is 5.91 Å². The highest BCUT2D eigenvalue weighted by molar-refractivity contribution is 6.06. The number of benzene rings is 3. The summed E-state index contributed by atoms with van der Waals surface area (Å²) in [7, 11) is 3.07. The zero-order valence-corrected chi connectivity index (χ0v) is 17.0. The van der Waals surface area contributed by atoms with Crippen LogP contribution in [0.4, 0.5) is 11.4 Å². The molecule has 31 heavy (non-hydrogen) atoms. The van der Waals surface area contributed by atoms with E-state index in [9.17, 15) is 9.90 Å². The van der Waals surface area contributed by atoms with Gasteiger partial charge in [-0.15, -0.1) is 0 Å². The molecule has 0 fully saturated rings. The number of rotatable bonds is 5. The minimum Gasteiger partial charge on any atom is -0.508 e. The van der Waals surface area contributed by atoms with E-state index in [4.69, 9.17) is 13.9 Å². The fraction of sp³-hybridized carbons (Fsp3) is 0.0833. The molecule has 0 aliphatic rings. The first kappa shape index (κ1) is 20.0. The summed E-state index contributed by atoms with van der Waals surface area (Å²) >= 11 is 0. The lowest BCUT2D eigenvalue weighted by molar-refractivity contribution is 0.102. The number of aromatic hydroxyl groups is 1. The topological polar surface area (TPSA) is 93.3 Å². The minimum absolute atomic E-state index is 0.0470. The standard InChI is InChI=1S/C24H20N2O5/c1-29-20-9-5-3-7-18(20)25-23(28)17-13-15-11-12-16(27)14-22(15)31-24(17)26-19-8-4-6-10-21(19)30-2/h3-14,27H,1-2H3,(H,25,28). The van der Waals surface area contributed by atoms with Gasteiger partial charge in [0.25, 0.3) is 5.91 Å². The van der Waals surface area contributed by atoms with Gasteiger partial charge in [0.1, 0.15) is 34.1 Å². The zero-order valence-electron chi connectivity index (χ0n) is 17.0. The quantitative estimate of drug-likeness (QED) is 0.494. The fourth-order valence-electron chi connectivity index (χ4n) is 3.12. The van der Waals surface area contributed by atoms with Crippen LogP contribution >= 0.6 is 0 Å². The molecule has 2 N–H and O–H groups in total. The molecule has 156 valence electrons. The van der Waals surface area contributed by atoms with E-state index in [1.165, 1.54) is 19.2 Å². The highest BCUT2D eigenvalue weighted by atomic mass is 16.5. The first-order valence-electron chi connectivity index (χ1n) is 9.48. The lowest BCUT2D eigenvalue weighted by Crippen LogP contribution is -2.22. The third kappa shape index (κ3) is 4.20. The fourth-order valence-corrected chi connectivity index (χ4v) is 3.12. The summed E-state index contributed by atoms with van der Waals surface area (Å²) in [5.74, 6) is 0.689. The number of amides is 1. The molecule has 0 radical (unpaired) electrons. The summed E-state index contributed by atoms with van der Waals surface area (Å²) in [6.45, 7) is 0. The number of methoxy groups -OCH3 is 2. The van der Waals surface area contributed by atoms with Crippen LogP contribution < -0.4 is 20.3 Å². The van der Waals surface area contributed by atoms with E-state index in [1.807, 2.05) is 18.2 Å². The van der Waals surface area contributed by atoms with Gasteiger partial charge >= 0.3 is 0 Å². The molecule has 0 saturated carbocycles. The van der Waals surface area contributed by atoms with Gasteiger partial charge < -0.3 is 24.3 Å². The Kier molecular flexibility index (Phi) is 5.57. The normalized spacial score (nSPS) is 11.4. The van der Waals surface area contributed by atoms with Crippen LogP contribution in [0.5, 0.6) is 17.2 Å². The average Bonchev–Trinajstić information content (AvgIpc) is 2.79. The molecule has 3 aromatic carbocycles. The summed E-state index contributed by atoms with van der Waals surface area (Å²) < 4.78 is 16.6. The number of phenolic OH excluding ortho intramolecular Hbond substituents is 1. The highest BCUT2D eigenvalue weighted by Gasteiger charge is 2.16. The Labute approximate surface area is 178 Å². The van der Waals surface area contributed by atoms with Crippen molar-refractivity contribution in [3.63, 3.8) is 0 Å². The lowest BCUT2D eigenvalue weighted by atomic mass is 10.1. The number of phenols is 1. The predicted molar refractivity (Wildman–Crippen MR) is 117 cm³/mol. The van der Waals surface area contributed by atoms with Gasteiger partial charge in [-0.25, -0.2) is 4.99 Å². The molecule has 0 unspecified atom stereocenters. The first-order chi connectivity index (χ1) is 15.1. The van der Waals surface area contributed by atoms with Crippen molar-refractivity contribution < 1.29 is 23.8 Å². The van der Waals surface area contributed by atoms with Crippen LogP contribution in [0.1, 0.15) is 10.4 Å². The van der Waals surface area contributed by atoms with Crippen LogP contribution in [-0.4, -0.2) is 25.2 Å². The molecule has 1 amide bonds. The van der Waals surface area contributed by atoms with E-state index in [-0.39, 0.29) is 16.9 Å². The van der Waals surface area contributed by atoms with E-state index in [2.05, 4.69) is 10.3 Å². The van der Waals surface area contributed by atoms with Crippen LogP contribution in [0.25, 0.3) is 11.0 Å². The number of nitrogens with one attached hydrogen (secondary N) is 1. The Morgan fingerprint density at radius 3 is 2.42 bits per heavy atom. The number of hydrogen-bond donors (Lipinski definition) is 2. The van der Waals surface area contributed by atoms with Gasteiger partial charge in [-0.2, -0.15) is 0 Å². The van der Waals surface area contributed by atoms with Crippen molar-refractivity contribution in [2.45, 2.75) is 0 Å².